The van der Waals surface area contributed by atoms with E-state index < -0.39 is 0 Å². The number of hydrogen-bond acceptors (Lipinski definition) is 4. The number of oxazole rings is 2. The number of hydrogen-bond donors (Lipinski definition) is 0. The molecule has 18 heavy (non-hydrogen) atoms. The normalized spacial score (nSPS) is 11.3. The molecule has 0 saturated carbocycles. The lowest BCUT2D eigenvalue weighted by Gasteiger charge is -1.93. The average Bonchev–Trinajstić information content (AvgIpc) is 3.04. The van der Waals surface area contributed by atoms with Crippen LogP contribution in [0.3, 0.4) is 0 Å². The van der Waals surface area contributed by atoms with Crippen molar-refractivity contribution >= 4 is 22.2 Å². The molecule has 0 aliphatic carbocycles. The maximum atomic E-state index is 5.71. The Morgan fingerprint density at radius 3 is 2.78 bits per heavy atom. The topological polar surface area (TPSA) is 52.1 Å². The van der Waals surface area contributed by atoms with E-state index in [2.05, 4.69) is 9.97 Å². The van der Waals surface area contributed by atoms with Gasteiger partial charge >= 0.3 is 0 Å². The third kappa shape index (κ3) is 1.32. The minimum atomic E-state index is 0.592. The molecule has 0 amide bonds. The molecule has 4 nitrogen and oxygen atoms in total. The Morgan fingerprint density at radius 2 is 1.83 bits per heavy atom. The lowest BCUT2D eigenvalue weighted by molar-refractivity contribution is 0.600. The fraction of sp³-hybridized carbons (Fsp3) is 0. The van der Waals surface area contributed by atoms with Gasteiger partial charge in [-0.15, -0.1) is 0 Å². The number of nitrogens with zero attached hydrogens (tertiary/aromatic N) is 2. The Labute approximate surface area is 102 Å². The Hall–Kier alpha value is -2.62. The van der Waals surface area contributed by atoms with Crippen LogP contribution < -0.4 is 0 Å². The molecule has 4 aromatic rings. The standard InChI is InChI=1S/C14H8N2O2/c1-2-4-12-11(3-1)16-14(18-12)9-5-6-10-13(7-9)17-8-15-10/h1-8H. The van der Waals surface area contributed by atoms with E-state index in [0.29, 0.717) is 5.89 Å². The summed E-state index contributed by atoms with van der Waals surface area (Å²) >= 11 is 0. The molecule has 4 heteroatoms. The first-order valence-corrected chi connectivity index (χ1v) is 5.59. The Balaban J connectivity index is 1.94. The molecule has 0 spiro atoms. The number of aromatic nitrogens is 2. The first-order chi connectivity index (χ1) is 8.90. The summed E-state index contributed by atoms with van der Waals surface area (Å²) in [6.45, 7) is 0. The van der Waals surface area contributed by atoms with Crippen LogP contribution in [0.2, 0.25) is 0 Å². The van der Waals surface area contributed by atoms with E-state index in [1.807, 2.05) is 42.5 Å². The summed E-state index contributed by atoms with van der Waals surface area (Å²) in [6.07, 6.45) is 1.43. The van der Waals surface area contributed by atoms with Crippen LogP contribution in [0.25, 0.3) is 33.7 Å². The lowest BCUT2D eigenvalue weighted by atomic mass is 10.2. The highest BCUT2D eigenvalue weighted by molar-refractivity contribution is 5.80. The van der Waals surface area contributed by atoms with Gasteiger partial charge in [-0.1, -0.05) is 12.1 Å². The zero-order valence-electron chi connectivity index (χ0n) is 9.33. The minimum absolute atomic E-state index is 0.592. The van der Waals surface area contributed by atoms with E-state index in [9.17, 15) is 0 Å². The summed E-state index contributed by atoms with van der Waals surface area (Å²) in [5.41, 5.74) is 4.08. The molecule has 4 rings (SSSR count). The second-order valence-corrected chi connectivity index (χ2v) is 4.02. The smallest absolute Gasteiger partial charge is 0.227 e. The molecule has 0 fully saturated rings. The van der Waals surface area contributed by atoms with Gasteiger partial charge < -0.3 is 8.83 Å². The molecule has 2 heterocycles. The summed E-state index contributed by atoms with van der Waals surface area (Å²) in [4.78, 5) is 8.52. The Kier molecular flexibility index (Phi) is 1.80. The van der Waals surface area contributed by atoms with Gasteiger partial charge in [-0.05, 0) is 30.3 Å². The first-order valence-electron chi connectivity index (χ1n) is 5.59. The predicted molar refractivity (Wildman–Crippen MR) is 67.0 cm³/mol. The van der Waals surface area contributed by atoms with E-state index in [4.69, 9.17) is 8.83 Å². The van der Waals surface area contributed by atoms with Crippen LogP contribution in [0.15, 0.2) is 57.7 Å². The molecule has 86 valence electrons. The van der Waals surface area contributed by atoms with Crippen LogP contribution in [-0.4, -0.2) is 9.97 Å². The van der Waals surface area contributed by atoms with Gasteiger partial charge in [-0.3, -0.25) is 0 Å². The van der Waals surface area contributed by atoms with Crippen LogP contribution in [0.4, 0.5) is 0 Å². The monoisotopic (exact) mass is 236 g/mol. The molecule has 0 unspecified atom stereocenters. The molecule has 0 saturated heterocycles. The van der Waals surface area contributed by atoms with Gasteiger partial charge in [0.15, 0.2) is 17.6 Å². The fourth-order valence-corrected chi connectivity index (χ4v) is 1.98. The molecule has 0 radical (unpaired) electrons. The largest absolute Gasteiger partial charge is 0.443 e. The SMILES string of the molecule is c1ccc2oc(-c3ccc4ncoc4c3)nc2c1. The minimum Gasteiger partial charge on any atom is -0.443 e. The van der Waals surface area contributed by atoms with Crippen molar-refractivity contribution in [2.75, 3.05) is 0 Å². The Bertz CT molecular complexity index is 812. The maximum absolute atomic E-state index is 5.71. The third-order valence-corrected chi connectivity index (χ3v) is 2.87. The molecule has 2 aromatic heterocycles. The fourth-order valence-electron chi connectivity index (χ4n) is 1.98. The molecule has 0 aliphatic heterocycles. The molecule has 0 atom stereocenters. The van der Waals surface area contributed by atoms with Crippen molar-refractivity contribution in [1.29, 1.82) is 0 Å². The number of benzene rings is 2. The zero-order chi connectivity index (χ0) is 11.9. The molecule has 0 bridgehead atoms. The highest BCUT2D eigenvalue weighted by Crippen LogP contribution is 2.26. The molecular weight excluding hydrogens is 228 g/mol. The van der Waals surface area contributed by atoms with Crippen LogP contribution in [0.5, 0.6) is 0 Å². The van der Waals surface area contributed by atoms with Gasteiger partial charge in [0, 0.05) is 5.56 Å². The van der Waals surface area contributed by atoms with E-state index in [1.165, 1.54) is 6.39 Å². The van der Waals surface area contributed by atoms with Gasteiger partial charge in [0.05, 0.1) is 0 Å². The second-order valence-electron chi connectivity index (χ2n) is 4.02. The van der Waals surface area contributed by atoms with Crippen LogP contribution in [0.1, 0.15) is 0 Å². The van der Waals surface area contributed by atoms with Crippen molar-refractivity contribution in [3.8, 4) is 11.5 Å². The summed E-state index contributed by atoms with van der Waals surface area (Å²) in [6, 6.07) is 13.4. The van der Waals surface area contributed by atoms with Crippen molar-refractivity contribution in [2.45, 2.75) is 0 Å². The molecule has 0 N–H and O–H groups in total. The van der Waals surface area contributed by atoms with Gasteiger partial charge in [0.1, 0.15) is 11.0 Å². The highest BCUT2D eigenvalue weighted by Gasteiger charge is 2.09. The van der Waals surface area contributed by atoms with Crippen molar-refractivity contribution in [2.24, 2.45) is 0 Å². The zero-order valence-corrected chi connectivity index (χ0v) is 9.33. The van der Waals surface area contributed by atoms with Gasteiger partial charge in [-0.25, -0.2) is 9.97 Å². The van der Waals surface area contributed by atoms with Crippen molar-refractivity contribution < 1.29 is 8.83 Å². The quantitative estimate of drug-likeness (QED) is 0.506. The van der Waals surface area contributed by atoms with Gasteiger partial charge in [0.25, 0.3) is 0 Å². The summed E-state index contributed by atoms with van der Waals surface area (Å²) in [7, 11) is 0. The van der Waals surface area contributed by atoms with Gasteiger partial charge in [0.2, 0.25) is 5.89 Å². The molecule has 0 aliphatic rings. The third-order valence-electron chi connectivity index (χ3n) is 2.87. The van der Waals surface area contributed by atoms with Crippen molar-refractivity contribution in [3.05, 3.63) is 48.9 Å². The Morgan fingerprint density at radius 1 is 0.889 bits per heavy atom. The van der Waals surface area contributed by atoms with Crippen LogP contribution in [0, 0.1) is 0 Å². The summed E-state index contributed by atoms with van der Waals surface area (Å²) < 4.78 is 11.0. The molecule has 2 aromatic carbocycles. The van der Waals surface area contributed by atoms with Gasteiger partial charge in [-0.2, -0.15) is 0 Å². The van der Waals surface area contributed by atoms with Crippen molar-refractivity contribution in [1.82, 2.24) is 9.97 Å². The van der Waals surface area contributed by atoms with E-state index >= 15 is 0 Å². The number of fused-ring (bicyclic) bond motifs is 2. The van der Waals surface area contributed by atoms with E-state index in [0.717, 1.165) is 27.8 Å². The first kappa shape index (κ1) is 9.41. The average molecular weight is 236 g/mol. The summed E-state index contributed by atoms with van der Waals surface area (Å²) in [5.74, 6) is 0.592. The van der Waals surface area contributed by atoms with Crippen molar-refractivity contribution in [3.63, 3.8) is 0 Å². The predicted octanol–water partition coefficient (Wildman–Crippen LogP) is 3.64. The van der Waals surface area contributed by atoms with Crippen LogP contribution in [-0.2, 0) is 0 Å². The maximum Gasteiger partial charge on any atom is 0.227 e. The second kappa shape index (κ2) is 3.43. The summed E-state index contributed by atoms with van der Waals surface area (Å²) in [5, 5.41) is 0. The van der Waals surface area contributed by atoms with E-state index in [-0.39, 0.29) is 0 Å². The molecular formula is C14H8N2O2. The van der Waals surface area contributed by atoms with Crippen LogP contribution >= 0.6 is 0 Å². The lowest BCUT2D eigenvalue weighted by Crippen LogP contribution is -1.76. The van der Waals surface area contributed by atoms with E-state index in [1.54, 1.807) is 0 Å². The number of rotatable bonds is 1. The highest BCUT2D eigenvalue weighted by atomic mass is 16.3. The number of para-hydroxylation sites is 2.